The van der Waals surface area contributed by atoms with Crippen LogP contribution in [0, 0.1) is 22.7 Å². The minimum Gasteiger partial charge on any atom is -0.465 e. The molecule has 45 heavy (non-hydrogen) atoms. The minimum absolute atomic E-state index is 0.163. The van der Waals surface area contributed by atoms with Crippen LogP contribution in [0.5, 0.6) is 0 Å². The van der Waals surface area contributed by atoms with Crippen molar-refractivity contribution in [2.24, 2.45) is 22.7 Å². The molecule has 248 valence electrons. The van der Waals surface area contributed by atoms with Crippen LogP contribution in [-0.4, -0.2) is 49.5 Å². The second-order valence-electron chi connectivity index (χ2n) is 14.2. The summed E-state index contributed by atoms with van der Waals surface area (Å²) in [7, 11) is 2.74. The van der Waals surface area contributed by atoms with E-state index >= 15 is 0 Å². The summed E-state index contributed by atoms with van der Waals surface area (Å²) in [4.78, 5) is 53.4. The third-order valence-corrected chi connectivity index (χ3v) is 12.5. The summed E-state index contributed by atoms with van der Waals surface area (Å²) in [5.41, 5.74) is 3.37. The van der Waals surface area contributed by atoms with Gasteiger partial charge < -0.3 is 20.1 Å². The molecular formula is C34H48N2O6S3. The topological polar surface area (TPSA) is 111 Å². The van der Waals surface area contributed by atoms with E-state index in [4.69, 9.17) is 9.47 Å². The fraction of sp³-hybridized carbons (Fsp3) is 0.647. The number of anilines is 2. The van der Waals surface area contributed by atoms with Gasteiger partial charge in [0.1, 0.15) is 10.0 Å². The number of nitrogens with one attached hydrogen (secondary N) is 2. The van der Waals surface area contributed by atoms with E-state index in [2.05, 4.69) is 52.2 Å². The Bertz CT molecular complexity index is 1320. The lowest BCUT2D eigenvalue weighted by atomic mass is 9.72. The monoisotopic (exact) mass is 676 g/mol. The van der Waals surface area contributed by atoms with Crippen LogP contribution in [0.4, 0.5) is 10.0 Å². The van der Waals surface area contributed by atoms with Crippen LogP contribution in [0.15, 0.2) is 0 Å². The van der Waals surface area contributed by atoms with E-state index in [-0.39, 0.29) is 35.5 Å². The van der Waals surface area contributed by atoms with Crippen molar-refractivity contribution in [3.63, 3.8) is 0 Å². The second-order valence-corrected chi connectivity index (χ2v) is 17.7. The Hall–Kier alpha value is -2.37. The van der Waals surface area contributed by atoms with E-state index in [1.165, 1.54) is 48.7 Å². The van der Waals surface area contributed by atoms with Crippen molar-refractivity contribution >= 4 is 68.2 Å². The zero-order valence-electron chi connectivity index (χ0n) is 27.9. The lowest BCUT2D eigenvalue weighted by Gasteiger charge is -2.33. The molecule has 0 saturated heterocycles. The number of esters is 2. The number of carbonyl (C=O) groups is 4. The van der Waals surface area contributed by atoms with Crippen molar-refractivity contribution in [2.45, 2.75) is 92.9 Å². The lowest BCUT2D eigenvalue weighted by Crippen LogP contribution is -2.26. The standard InChI is InChI=1S/C34H48N2O6S3/c1-33(2,3)19-9-11-21-23(17-19)44-29(27(21)31(39)41-7)35-25(37)13-15-43-16-14-26(38)36-30-28(32(40)42-8)22-12-10-20(34(4,5)6)18-24(22)45-30/h19-20H,9-18H2,1-8H3,(H,35,37)(H,36,38). The Balaban J connectivity index is 1.29. The lowest BCUT2D eigenvalue weighted by molar-refractivity contribution is -0.116. The van der Waals surface area contributed by atoms with Gasteiger partial charge >= 0.3 is 11.9 Å². The molecule has 2 unspecified atom stereocenters. The van der Waals surface area contributed by atoms with Crippen molar-refractivity contribution in [3.8, 4) is 0 Å². The molecule has 11 heteroatoms. The molecule has 0 bridgehead atoms. The molecule has 2 atom stereocenters. The fourth-order valence-corrected chi connectivity index (χ4v) is 9.80. The molecule has 0 aromatic carbocycles. The molecule has 4 rings (SSSR count). The van der Waals surface area contributed by atoms with E-state index in [0.717, 1.165) is 59.4 Å². The quantitative estimate of drug-likeness (QED) is 0.195. The molecule has 2 amide bonds. The Kier molecular flexibility index (Phi) is 11.5. The van der Waals surface area contributed by atoms with Crippen LogP contribution in [0.2, 0.25) is 0 Å². The van der Waals surface area contributed by atoms with E-state index in [1.54, 1.807) is 0 Å². The maximum absolute atomic E-state index is 12.9. The first-order valence-electron chi connectivity index (χ1n) is 15.8. The molecule has 0 fully saturated rings. The molecule has 2 N–H and O–H groups in total. The van der Waals surface area contributed by atoms with Crippen LogP contribution >= 0.6 is 34.4 Å². The van der Waals surface area contributed by atoms with Crippen molar-refractivity contribution < 1.29 is 28.7 Å². The molecule has 2 aliphatic rings. The van der Waals surface area contributed by atoms with Gasteiger partial charge in [0.25, 0.3) is 0 Å². The highest BCUT2D eigenvalue weighted by Gasteiger charge is 2.36. The highest BCUT2D eigenvalue weighted by molar-refractivity contribution is 7.99. The number of hydrogen-bond donors (Lipinski definition) is 2. The predicted molar refractivity (Wildman–Crippen MR) is 185 cm³/mol. The SMILES string of the molecule is COC(=O)c1c(NC(=O)CCSCCC(=O)Nc2sc3c(c2C(=O)OC)CCC(C(C)(C)C)C3)sc2c1CCC(C(C)(C)C)C2. The number of amides is 2. The van der Waals surface area contributed by atoms with Gasteiger partial charge in [-0.05, 0) is 72.3 Å². The van der Waals surface area contributed by atoms with Gasteiger partial charge in [0, 0.05) is 34.1 Å². The molecule has 2 aromatic rings. The smallest absolute Gasteiger partial charge is 0.341 e. The number of fused-ring (bicyclic) bond motifs is 2. The van der Waals surface area contributed by atoms with Gasteiger partial charge in [-0.25, -0.2) is 9.59 Å². The summed E-state index contributed by atoms with van der Waals surface area (Å²) in [6, 6.07) is 0. The Morgan fingerprint density at radius 1 is 0.711 bits per heavy atom. The first-order valence-corrected chi connectivity index (χ1v) is 18.6. The molecule has 0 aliphatic heterocycles. The molecule has 8 nitrogen and oxygen atoms in total. The van der Waals surface area contributed by atoms with Gasteiger partial charge in [-0.2, -0.15) is 11.8 Å². The zero-order chi connectivity index (χ0) is 33.1. The summed E-state index contributed by atoms with van der Waals surface area (Å²) in [6.45, 7) is 13.5. The van der Waals surface area contributed by atoms with Crippen LogP contribution in [0.25, 0.3) is 0 Å². The van der Waals surface area contributed by atoms with E-state index < -0.39 is 11.9 Å². The average molecular weight is 677 g/mol. The fourth-order valence-electron chi connectivity index (χ4n) is 6.27. The van der Waals surface area contributed by atoms with Gasteiger partial charge in [0.15, 0.2) is 0 Å². The molecule has 2 aromatic heterocycles. The van der Waals surface area contributed by atoms with Crippen LogP contribution in [0.1, 0.15) is 109 Å². The summed E-state index contributed by atoms with van der Waals surface area (Å²) >= 11 is 4.51. The van der Waals surface area contributed by atoms with Gasteiger partial charge in [0.2, 0.25) is 11.8 Å². The van der Waals surface area contributed by atoms with Crippen molar-refractivity contribution in [1.82, 2.24) is 0 Å². The second kappa shape index (κ2) is 14.6. The Morgan fingerprint density at radius 3 is 1.42 bits per heavy atom. The Morgan fingerprint density at radius 2 is 1.09 bits per heavy atom. The summed E-state index contributed by atoms with van der Waals surface area (Å²) < 4.78 is 10.1. The number of carbonyl (C=O) groups excluding carboxylic acids is 4. The first kappa shape index (κ1) is 35.5. The molecule has 2 heterocycles. The van der Waals surface area contributed by atoms with E-state index in [9.17, 15) is 19.2 Å². The third-order valence-electron chi connectivity index (χ3n) is 9.21. The Labute approximate surface area is 279 Å². The van der Waals surface area contributed by atoms with Gasteiger partial charge in [0.05, 0.1) is 25.3 Å². The minimum atomic E-state index is -0.409. The predicted octanol–water partition coefficient (Wildman–Crippen LogP) is 7.78. The highest BCUT2D eigenvalue weighted by atomic mass is 32.2. The molecular weight excluding hydrogens is 629 g/mol. The molecule has 2 aliphatic carbocycles. The normalized spacial score (nSPS) is 18.0. The number of thiophene rings is 2. The van der Waals surface area contributed by atoms with Gasteiger partial charge in [-0.15, -0.1) is 22.7 Å². The maximum atomic E-state index is 12.9. The van der Waals surface area contributed by atoms with Crippen molar-refractivity contribution in [1.29, 1.82) is 0 Å². The molecule has 0 spiro atoms. The molecule has 0 radical (unpaired) electrons. The first-order chi connectivity index (χ1) is 21.1. The number of hydrogen-bond acceptors (Lipinski definition) is 9. The number of rotatable bonds is 10. The van der Waals surface area contributed by atoms with E-state index in [1.807, 2.05) is 0 Å². The number of thioether (sulfide) groups is 1. The summed E-state index contributed by atoms with van der Waals surface area (Å²) in [5, 5.41) is 7.09. The third kappa shape index (κ3) is 8.51. The summed E-state index contributed by atoms with van der Waals surface area (Å²) in [5.74, 6) is 0.972. The van der Waals surface area contributed by atoms with Crippen LogP contribution in [0.3, 0.4) is 0 Å². The zero-order valence-corrected chi connectivity index (χ0v) is 30.3. The van der Waals surface area contributed by atoms with E-state index in [0.29, 0.717) is 44.5 Å². The maximum Gasteiger partial charge on any atom is 0.341 e. The van der Waals surface area contributed by atoms with Gasteiger partial charge in [-0.3, -0.25) is 9.59 Å². The van der Waals surface area contributed by atoms with Crippen LogP contribution < -0.4 is 10.6 Å². The average Bonchev–Trinajstić information content (AvgIpc) is 3.51. The van der Waals surface area contributed by atoms with Gasteiger partial charge in [-0.1, -0.05) is 41.5 Å². The van der Waals surface area contributed by atoms with Crippen LogP contribution in [-0.2, 0) is 44.7 Å². The highest BCUT2D eigenvalue weighted by Crippen LogP contribution is 2.46. The molecule has 0 saturated carbocycles. The van der Waals surface area contributed by atoms with Crippen molar-refractivity contribution in [2.75, 3.05) is 36.4 Å². The largest absolute Gasteiger partial charge is 0.465 e. The number of ether oxygens (including phenoxy) is 2. The number of methoxy groups -OCH3 is 2. The van der Waals surface area contributed by atoms with Crippen molar-refractivity contribution in [3.05, 3.63) is 32.0 Å². The summed E-state index contributed by atoms with van der Waals surface area (Å²) in [6.07, 6.45) is 5.94.